The van der Waals surface area contributed by atoms with E-state index in [1.807, 2.05) is 0 Å². The van der Waals surface area contributed by atoms with Crippen LogP contribution in [-0.2, 0) is 0 Å². The van der Waals surface area contributed by atoms with E-state index in [0.29, 0.717) is 5.41 Å². The van der Waals surface area contributed by atoms with Crippen molar-refractivity contribution in [2.24, 2.45) is 5.41 Å². The Morgan fingerprint density at radius 1 is 1.33 bits per heavy atom. The molecule has 0 aromatic carbocycles. The maximum absolute atomic E-state index is 4.07. The Bertz CT molecular complexity index is 330. The first-order valence-corrected chi connectivity index (χ1v) is 7.23. The molecule has 1 fully saturated rings. The van der Waals surface area contributed by atoms with Crippen molar-refractivity contribution < 1.29 is 0 Å². The van der Waals surface area contributed by atoms with Crippen LogP contribution in [0.4, 0.5) is 0 Å². The Balaban J connectivity index is 2.50. The molecule has 0 atom stereocenters. The molecule has 1 rings (SSSR count). The molecule has 0 radical (unpaired) electrons. The molecule has 0 amide bonds. The van der Waals surface area contributed by atoms with Gasteiger partial charge in [0, 0.05) is 19.6 Å². The predicted octanol–water partition coefficient (Wildman–Crippen LogP) is 4.58. The van der Waals surface area contributed by atoms with E-state index in [2.05, 4.69) is 57.4 Å². The summed E-state index contributed by atoms with van der Waals surface area (Å²) in [6.07, 6.45) is 10.3. The van der Waals surface area contributed by atoms with E-state index in [-0.39, 0.29) is 0 Å². The average molecular weight is 247 g/mol. The van der Waals surface area contributed by atoms with Gasteiger partial charge in [-0.15, -0.1) is 6.58 Å². The zero-order chi connectivity index (χ0) is 13.6. The van der Waals surface area contributed by atoms with E-state index in [0.717, 1.165) is 13.0 Å². The maximum atomic E-state index is 4.07. The number of nitrogens with zero attached hydrogens (tertiary/aromatic N) is 1. The summed E-state index contributed by atoms with van der Waals surface area (Å²) in [4.78, 5) is 2.56. The Morgan fingerprint density at radius 3 is 2.44 bits per heavy atom. The SMILES string of the molecule is C=C(C)CC1(CC)CN(CC(/C=C/C)=C/CC)C1. The first-order valence-electron chi connectivity index (χ1n) is 7.23. The molecule has 1 nitrogen and oxygen atoms in total. The fraction of sp³-hybridized carbons (Fsp3) is 0.647. The van der Waals surface area contributed by atoms with Gasteiger partial charge < -0.3 is 0 Å². The van der Waals surface area contributed by atoms with Gasteiger partial charge >= 0.3 is 0 Å². The van der Waals surface area contributed by atoms with Gasteiger partial charge in [0.05, 0.1) is 0 Å². The minimum atomic E-state index is 0.513. The molecule has 0 aromatic heterocycles. The first-order chi connectivity index (χ1) is 8.55. The van der Waals surface area contributed by atoms with Crippen LogP contribution in [0.15, 0.2) is 36.0 Å². The van der Waals surface area contributed by atoms with Crippen LogP contribution in [-0.4, -0.2) is 24.5 Å². The molecule has 1 aliphatic heterocycles. The third-order valence-electron chi connectivity index (χ3n) is 3.80. The molecule has 0 unspecified atom stereocenters. The molecule has 18 heavy (non-hydrogen) atoms. The highest BCUT2D eigenvalue weighted by Crippen LogP contribution is 2.39. The minimum Gasteiger partial charge on any atom is -0.298 e. The third kappa shape index (κ3) is 4.13. The second-order valence-corrected chi connectivity index (χ2v) is 5.82. The van der Waals surface area contributed by atoms with Crippen molar-refractivity contribution in [2.75, 3.05) is 19.6 Å². The summed E-state index contributed by atoms with van der Waals surface area (Å²) < 4.78 is 0. The standard InChI is InChI=1S/C17H29N/c1-6-9-16(10-7-2)12-18-13-17(8-3,14-18)11-15(4)5/h6,9-10H,4,7-8,11-14H2,1-3,5H3/b9-6+,16-10+. The van der Waals surface area contributed by atoms with Crippen molar-refractivity contribution in [1.29, 1.82) is 0 Å². The average Bonchev–Trinajstić information content (AvgIpc) is 2.25. The van der Waals surface area contributed by atoms with Crippen LogP contribution >= 0.6 is 0 Å². The fourth-order valence-corrected chi connectivity index (χ4v) is 3.03. The van der Waals surface area contributed by atoms with Crippen molar-refractivity contribution in [2.45, 2.75) is 47.0 Å². The topological polar surface area (TPSA) is 3.24 Å². The summed E-state index contributed by atoms with van der Waals surface area (Å²) in [6, 6.07) is 0. The van der Waals surface area contributed by atoms with E-state index in [1.165, 1.54) is 37.1 Å². The van der Waals surface area contributed by atoms with Gasteiger partial charge in [0.2, 0.25) is 0 Å². The molecule has 102 valence electrons. The lowest BCUT2D eigenvalue weighted by Gasteiger charge is -2.50. The van der Waals surface area contributed by atoms with Crippen molar-refractivity contribution >= 4 is 0 Å². The van der Waals surface area contributed by atoms with Gasteiger partial charge in [-0.2, -0.15) is 0 Å². The zero-order valence-electron chi connectivity index (χ0n) is 12.6. The third-order valence-corrected chi connectivity index (χ3v) is 3.80. The Labute approximate surface area is 113 Å². The van der Waals surface area contributed by atoms with Crippen molar-refractivity contribution in [1.82, 2.24) is 4.90 Å². The summed E-state index contributed by atoms with van der Waals surface area (Å²) in [7, 11) is 0. The summed E-state index contributed by atoms with van der Waals surface area (Å²) in [5, 5.41) is 0. The van der Waals surface area contributed by atoms with Crippen LogP contribution in [0.2, 0.25) is 0 Å². The minimum absolute atomic E-state index is 0.513. The largest absolute Gasteiger partial charge is 0.298 e. The van der Waals surface area contributed by atoms with E-state index >= 15 is 0 Å². The summed E-state index contributed by atoms with van der Waals surface area (Å²) in [5.41, 5.74) is 3.30. The highest BCUT2D eigenvalue weighted by atomic mass is 15.2. The van der Waals surface area contributed by atoms with Crippen LogP contribution < -0.4 is 0 Å². The molecule has 0 aliphatic carbocycles. The lowest BCUT2D eigenvalue weighted by atomic mass is 9.73. The van der Waals surface area contributed by atoms with Gasteiger partial charge in [0.15, 0.2) is 0 Å². The van der Waals surface area contributed by atoms with Crippen LogP contribution in [0.1, 0.15) is 47.0 Å². The van der Waals surface area contributed by atoms with Crippen LogP contribution in [0.3, 0.4) is 0 Å². The Hall–Kier alpha value is -0.820. The molecule has 1 saturated heterocycles. The maximum Gasteiger partial charge on any atom is 0.0230 e. The molecule has 0 aromatic rings. The van der Waals surface area contributed by atoms with Crippen LogP contribution in [0.25, 0.3) is 0 Å². The molecule has 1 heteroatoms. The van der Waals surface area contributed by atoms with Gasteiger partial charge in [0.1, 0.15) is 0 Å². The number of allylic oxidation sites excluding steroid dienone is 3. The quantitative estimate of drug-likeness (QED) is 0.470. The summed E-state index contributed by atoms with van der Waals surface area (Å²) >= 11 is 0. The molecular weight excluding hydrogens is 218 g/mol. The predicted molar refractivity (Wildman–Crippen MR) is 81.8 cm³/mol. The van der Waals surface area contributed by atoms with E-state index in [1.54, 1.807) is 0 Å². The fourth-order valence-electron chi connectivity index (χ4n) is 3.03. The van der Waals surface area contributed by atoms with Crippen LogP contribution in [0, 0.1) is 5.41 Å². The second-order valence-electron chi connectivity index (χ2n) is 5.82. The molecule has 0 saturated carbocycles. The van der Waals surface area contributed by atoms with Crippen molar-refractivity contribution in [3.63, 3.8) is 0 Å². The van der Waals surface area contributed by atoms with Crippen molar-refractivity contribution in [3.8, 4) is 0 Å². The molecule has 1 heterocycles. The monoisotopic (exact) mass is 247 g/mol. The van der Waals surface area contributed by atoms with E-state index in [4.69, 9.17) is 0 Å². The van der Waals surface area contributed by atoms with Gasteiger partial charge in [-0.3, -0.25) is 4.90 Å². The van der Waals surface area contributed by atoms with E-state index < -0.39 is 0 Å². The normalized spacial score (nSPS) is 20.1. The highest BCUT2D eigenvalue weighted by Gasteiger charge is 2.40. The number of hydrogen-bond donors (Lipinski definition) is 0. The van der Waals surface area contributed by atoms with Crippen molar-refractivity contribution in [3.05, 3.63) is 36.0 Å². The number of likely N-dealkylation sites (tertiary alicyclic amines) is 1. The second kappa shape index (κ2) is 6.94. The number of hydrogen-bond acceptors (Lipinski definition) is 1. The molecule has 0 spiro atoms. The zero-order valence-corrected chi connectivity index (χ0v) is 12.6. The van der Waals surface area contributed by atoms with Gasteiger partial charge in [0.25, 0.3) is 0 Å². The lowest BCUT2D eigenvalue weighted by Crippen LogP contribution is -2.56. The molecule has 1 aliphatic rings. The smallest absolute Gasteiger partial charge is 0.0230 e. The summed E-state index contributed by atoms with van der Waals surface area (Å²) in [6.45, 7) is 16.4. The number of rotatable bonds is 7. The summed E-state index contributed by atoms with van der Waals surface area (Å²) in [5.74, 6) is 0. The lowest BCUT2D eigenvalue weighted by molar-refractivity contribution is 0.00549. The van der Waals surface area contributed by atoms with Gasteiger partial charge in [-0.25, -0.2) is 0 Å². The first kappa shape index (κ1) is 15.2. The van der Waals surface area contributed by atoms with Gasteiger partial charge in [-0.1, -0.05) is 37.6 Å². The molecule has 0 N–H and O–H groups in total. The van der Waals surface area contributed by atoms with E-state index in [9.17, 15) is 0 Å². The van der Waals surface area contributed by atoms with Gasteiger partial charge in [-0.05, 0) is 44.1 Å². The molecule has 0 bridgehead atoms. The molecular formula is C17H29N. The highest BCUT2D eigenvalue weighted by molar-refractivity contribution is 5.21. The van der Waals surface area contributed by atoms with Crippen LogP contribution in [0.5, 0.6) is 0 Å². The Morgan fingerprint density at radius 2 is 2.00 bits per heavy atom. The Kier molecular flexibility index (Phi) is 5.87.